The number of benzene rings is 2. The SMILES string of the molecule is COc1ccc(-c2nn(C[NH+](Cc3ccc(F)cc3)C3CC3)c(=S)o2)c(OC)c1. The van der Waals surface area contributed by atoms with E-state index in [0.717, 1.165) is 12.1 Å². The van der Waals surface area contributed by atoms with E-state index >= 15 is 0 Å². The van der Waals surface area contributed by atoms with Gasteiger partial charge in [-0.25, -0.2) is 4.39 Å². The van der Waals surface area contributed by atoms with Crippen LogP contribution >= 0.6 is 12.2 Å². The fraction of sp³-hybridized carbons (Fsp3) is 0.333. The first kappa shape index (κ1) is 19.6. The summed E-state index contributed by atoms with van der Waals surface area (Å²) in [5.41, 5.74) is 1.80. The number of nitrogens with one attached hydrogen (secondary N) is 1. The second kappa shape index (κ2) is 8.34. The summed E-state index contributed by atoms with van der Waals surface area (Å²) in [7, 11) is 3.19. The Morgan fingerprint density at radius 3 is 2.59 bits per heavy atom. The van der Waals surface area contributed by atoms with E-state index < -0.39 is 0 Å². The fourth-order valence-corrected chi connectivity index (χ4v) is 3.55. The summed E-state index contributed by atoms with van der Waals surface area (Å²) in [5.74, 6) is 1.47. The Hall–Kier alpha value is -2.71. The molecular weight excluding hydrogens is 393 g/mol. The highest BCUT2D eigenvalue weighted by Crippen LogP contribution is 2.32. The van der Waals surface area contributed by atoms with Crippen molar-refractivity contribution < 1.29 is 23.2 Å². The fourth-order valence-electron chi connectivity index (χ4n) is 3.37. The molecule has 0 radical (unpaired) electrons. The number of aromatic nitrogens is 2. The second-order valence-electron chi connectivity index (χ2n) is 7.13. The quantitative estimate of drug-likeness (QED) is 0.572. The van der Waals surface area contributed by atoms with Crippen LogP contribution in [0.3, 0.4) is 0 Å². The highest BCUT2D eigenvalue weighted by molar-refractivity contribution is 7.71. The topological polar surface area (TPSA) is 53.9 Å². The van der Waals surface area contributed by atoms with Gasteiger partial charge in [0.25, 0.3) is 10.7 Å². The molecule has 8 heteroatoms. The van der Waals surface area contributed by atoms with Gasteiger partial charge in [-0.15, -0.1) is 5.10 Å². The molecule has 2 aromatic carbocycles. The molecule has 1 atom stereocenters. The second-order valence-corrected chi connectivity index (χ2v) is 7.48. The molecule has 1 saturated carbocycles. The van der Waals surface area contributed by atoms with E-state index in [2.05, 4.69) is 5.10 Å². The number of halogens is 1. The minimum absolute atomic E-state index is 0.224. The van der Waals surface area contributed by atoms with Crippen LogP contribution in [0.15, 0.2) is 46.9 Å². The van der Waals surface area contributed by atoms with Crippen molar-refractivity contribution in [2.75, 3.05) is 14.2 Å². The zero-order valence-electron chi connectivity index (χ0n) is 16.4. The van der Waals surface area contributed by atoms with E-state index in [1.165, 1.54) is 29.9 Å². The Kier molecular flexibility index (Phi) is 5.64. The zero-order chi connectivity index (χ0) is 20.4. The maximum absolute atomic E-state index is 13.2. The third-order valence-corrected chi connectivity index (χ3v) is 5.39. The summed E-state index contributed by atoms with van der Waals surface area (Å²) in [6.45, 7) is 1.36. The maximum Gasteiger partial charge on any atom is 0.292 e. The van der Waals surface area contributed by atoms with Gasteiger partial charge in [0.05, 0.1) is 25.8 Å². The van der Waals surface area contributed by atoms with Gasteiger partial charge >= 0.3 is 0 Å². The lowest BCUT2D eigenvalue weighted by atomic mass is 10.2. The first-order chi connectivity index (χ1) is 14.1. The van der Waals surface area contributed by atoms with Gasteiger partial charge < -0.3 is 18.8 Å². The summed E-state index contributed by atoms with van der Waals surface area (Å²) >= 11 is 5.41. The average Bonchev–Trinajstić information content (AvgIpc) is 3.52. The Labute approximate surface area is 173 Å². The molecule has 6 nitrogen and oxygen atoms in total. The van der Waals surface area contributed by atoms with Crippen LogP contribution in [0.25, 0.3) is 11.5 Å². The summed E-state index contributed by atoms with van der Waals surface area (Å²) in [6, 6.07) is 12.6. The molecule has 1 N–H and O–H groups in total. The maximum atomic E-state index is 13.2. The highest BCUT2D eigenvalue weighted by atomic mass is 32.1. The average molecular weight is 416 g/mol. The van der Waals surface area contributed by atoms with E-state index in [-0.39, 0.29) is 5.82 Å². The van der Waals surface area contributed by atoms with Crippen LogP contribution in [0.5, 0.6) is 11.5 Å². The Morgan fingerprint density at radius 1 is 1.17 bits per heavy atom. The van der Waals surface area contributed by atoms with Crippen molar-refractivity contribution in [2.24, 2.45) is 0 Å². The van der Waals surface area contributed by atoms with Crippen molar-refractivity contribution in [1.29, 1.82) is 0 Å². The normalized spacial score (nSPS) is 14.6. The van der Waals surface area contributed by atoms with E-state index in [4.69, 9.17) is 26.1 Å². The van der Waals surface area contributed by atoms with Crippen LogP contribution in [0, 0.1) is 10.7 Å². The third kappa shape index (κ3) is 4.49. The van der Waals surface area contributed by atoms with E-state index in [1.54, 1.807) is 25.0 Å². The largest absolute Gasteiger partial charge is 0.497 e. The van der Waals surface area contributed by atoms with Crippen molar-refractivity contribution in [3.05, 3.63) is 58.7 Å². The van der Waals surface area contributed by atoms with Gasteiger partial charge in [0.1, 0.15) is 23.9 Å². The monoisotopic (exact) mass is 416 g/mol. The zero-order valence-corrected chi connectivity index (χ0v) is 17.2. The minimum atomic E-state index is -0.224. The molecule has 3 aromatic rings. The van der Waals surface area contributed by atoms with E-state index in [9.17, 15) is 4.39 Å². The molecule has 1 unspecified atom stereocenters. The molecule has 0 aliphatic heterocycles. The highest BCUT2D eigenvalue weighted by Gasteiger charge is 2.34. The number of hydrogen-bond donors (Lipinski definition) is 1. The van der Waals surface area contributed by atoms with Crippen LogP contribution in [-0.2, 0) is 13.2 Å². The molecule has 0 amide bonds. The summed E-state index contributed by atoms with van der Waals surface area (Å²) in [6.07, 6.45) is 2.34. The predicted octanol–water partition coefficient (Wildman–Crippen LogP) is 3.23. The number of methoxy groups -OCH3 is 2. The molecule has 0 saturated heterocycles. The molecule has 152 valence electrons. The van der Waals surface area contributed by atoms with Gasteiger partial charge in [0.2, 0.25) is 0 Å². The van der Waals surface area contributed by atoms with E-state index in [1.807, 2.05) is 24.3 Å². The number of nitrogens with zero attached hydrogens (tertiary/aromatic N) is 2. The van der Waals surface area contributed by atoms with Crippen LogP contribution in [0.2, 0.25) is 0 Å². The van der Waals surface area contributed by atoms with Crippen LogP contribution in [0.4, 0.5) is 4.39 Å². The first-order valence-electron chi connectivity index (χ1n) is 9.46. The third-order valence-electron chi connectivity index (χ3n) is 5.10. The van der Waals surface area contributed by atoms with Gasteiger partial charge in [-0.05, 0) is 36.5 Å². The summed E-state index contributed by atoms with van der Waals surface area (Å²) in [5, 5.41) is 4.59. The van der Waals surface area contributed by atoms with Crippen molar-refractivity contribution in [3.8, 4) is 23.0 Å². The van der Waals surface area contributed by atoms with E-state index in [0.29, 0.717) is 40.5 Å². The molecule has 1 aliphatic carbocycles. The molecule has 1 aromatic heterocycles. The van der Waals surface area contributed by atoms with Gasteiger partial charge in [-0.1, -0.05) is 12.1 Å². The van der Waals surface area contributed by atoms with Gasteiger partial charge in [-0.2, -0.15) is 4.68 Å². The first-order valence-corrected chi connectivity index (χ1v) is 9.87. The number of hydrogen-bond acceptors (Lipinski definition) is 5. The lowest BCUT2D eigenvalue weighted by Gasteiger charge is -2.18. The number of quaternary nitrogens is 1. The molecule has 29 heavy (non-hydrogen) atoms. The molecular formula is C21H23FN3O3S+. The molecule has 1 aliphatic rings. The van der Waals surface area contributed by atoms with Crippen LogP contribution in [-0.4, -0.2) is 30.0 Å². The Bertz CT molecular complexity index is 1040. The van der Waals surface area contributed by atoms with Crippen LogP contribution < -0.4 is 14.4 Å². The number of ether oxygens (including phenoxy) is 2. The predicted molar refractivity (Wildman–Crippen MR) is 108 cm³/mol. The smallest absolute Gasteiger partial charge is 0.292 e. The molecule has 1 heterocycles. The van der Waals surface area contributed by atoms with Gasteiger partial charge in [0, 0.05) is 24.5 Å². The van der Waals surface area contributed by atoms with Crippen molar-refractivity contribution in [3.63, 3.8) is 0 Å². The molecule has 4 rings (SSSR count). The van der Waals surface area contributed by atoms with Crippen molar-refractivity contribution in [2.45, 2.75) is 32.1 Å². The Balaban J connectivity index is 1.57. The van der Waals surface area contributed by atoms with Crippen LogP contribution in [0.1, 0.15) is 18.4 Å². The van der Waals surface area contributed by atoms with Crippen molar-refractivity contribution >= 4 is 12.2 Å². The molecule has 0 bridgehead atoms. The van der Waals surface area contributed by atoms with Gasteiger partial charge in [-0.3, -0.25) is 0 Å². The van der Waals surface area contributed by atoms with Gasteiger partial charge in [0.15, 0.2) is 6.67 Å². The Morgan fingerprint density at radius 2 is 1.93 bits per heavy atom. The summed E-state index contributed by atoms with van der Waals surface area (Å²) in [4.78, 5) is 1.64. The standard InChI is InChI=1S/C21H22FN3O3S/c1-26-17-9-10-18(19(11-17)27-2)20-23-25(21(29)28-20)13-24(16-7-8-16)12-14-3-5-15(22)6-4-14/h3-6,9-11,16H,7-8,12-13H2,1-2H3/p+1. The lowest BCUT2D eigenvalue weighted by Crippen LogP contribution is -3.11. The summed E-state index contributed by atoms with van der Waals surface area (Å²) < 4.78 is 31.4. The molecule has 0 spiro atoms. The number of rotatable bonds is 8. The van der Waals surface area contributed by atoms with Crippen molar-refractivity contribution in [1.82, 2.24) is 9.78 Å². The molecule has 1 fully saturated rings. The lowest BCUT2D eigenvalue weighted by molar-refractivity contribution is -0.947. The minimum Gasteiger partial charge on any atom is -0.497 e.